The van der Waals surface area contributed by atoms with Crippen LogP contribution in [-0.2, 0) is 16.4 Å². The van der Waals surface area contributed by atoms with E-state index in [2.05, 4.69) is 4.98 Å². The minimum Gasteiger partial charge on any atom is -0.338 e. The highest BCUT2D eigenvalue weighted by molar-refractivity contribution is 8.01. The lowest BCUT2D eigenvalue weighted by Gasteiger charge is -2.35. The lowest BCUT2D eigenvalue weighted by molar-refractivity contribution is 0.583. The molecule has 0 amide bonds. The summed E-state index contributed by atoms with van der Waals surface area (Å²) in [5.41, 5.74) is 7.53. The number of thioether (sulfide) groups is 1. The second-order valence-electron chi connectivity index (χ2n) is 4.74. The van der Waals surface area contributed by atoms with Crippen LogP contribution in [0.4, 0.5) is 5.82 Å². The molecule has 0 radical (unpaired) electrons. The molecule has 0 saturated carbocycles. The maximum absolute atomic E-state index is 11.9. The van der Waals surface area contributed by atoms with Gasteiger partial charge in [0.15, 0.2) is 9.84 Å². The molecule has 0 aromatic carbocycles. The fourth-order valence-electron chi connectivity index (χ4n) is 2.22. The molecule has 1 atom stereocenters. The number of aromatic nitrogens is 1. The van der Waals surface area contributed by atoms with Crippen molar-refractivity contribution >= 4 is 27.4 Å². The first-order chi connectivity index (χ1) is 8.93. The van der Waals surface area contributed by atoms with Crippen molar-refractivity contribution in [1.29, 1.82) is 0 Å². The summed E-state index contributed by atoms with van der Waals surface area (Å²) in [5.74, 6) is 2.28. The first-order valence-electron chi connectivity index (χ1n) is 6.12. The molecule has 1 aromatic rings. The van der Waals surface area contributed by atoms with Crippen LogP contribution < -0.4 is 10.6 Å². The number of nitrogens with two attached hydrogens (primary N) is 1. The lowest BCUT2D eigenvalue weighted by Crippen LogP contribution is -2.47. The van der Waals surface area contributed by atoms with Gasteiger partial charge in [-0.25, -0.2) is 13.4 Å². The number of hydrogen-bond donors (Lipinski definition) is 1. The molecule has 1 saturated heterocycles. The van der Waals surface area contributed by atoms with E-state index in [0.717, 1.165) is 22.7 Å². The fourth-order valence-corrected chi connectivity index (χ4v) is 5.04. The average molecular weight is 301 g/mol. The minimum atomic E-state index is -3.12. The Balaban J connectivity index is 2.38. The van der Waals surface area contributed by atoms with Gasteiger partial charge in [0.25, 0.3) is 0 Å². The molecule has 5 nitrogen and oxygen atoms in total. The van der Waals surface area contributed by atoms with Crippen LogP contribution in [0, 0.1) is 6.92 Å². The molecule has 1 unspecified atom stereocenters. The molecule has 1 aliphatic heterocycles. The molecule has 1 aromatic heterocycles. The summed E-state index contributed by atoms with van der Waals surface area (Å²) in [6, 6.07) is 1.98. The van der Waals surface area contributed by atoms with Gasteiger partial charge in [-0.3, -0.25) is 0 Å². The van der Waals surface area contributed by atoms with E-state index in [4.69, 9.17) is 5.73 Å². The van der Waals surface area contributed by atoms with Gasteiger partial charge in [-0.1, -0.05) is 0 Å². The topological polar surface area (TPSA) is 76.3 Å². The molecule has 2 heterocycles. The van der Waals surface area contributed by atoms with Crippen LogP contribution in [-0.4, -0.2) is 43.1 Å². The fraction of sp³-hybridized carbons (Fsp3) is 0.583. The zero-order valence-electron chi connectivity index (χ0n) is 11.2. The highest BCUT2D eigenvalue weighted by Crippen LogP contribution is 2.27. The quantitative estimate of drug-likeness (QED) is 0.889. The third-order valence-electron chi connectivity index (χ3n) is 3.19. The zero-order valence-corrected chi connectivity index (χ0v) is 12.8. The molecule has 0 aliphatic carbocycles. The van der Waals surface area contributed by atoms with Gasteiger partial charge >= 0.3 is 0 Å². The van der Waals surface area contributed by atoms with Crippen molar-refractivity contribution in [1.82, 2.24) is 4.98 Å². The van der Waals surface area contributed by atoms with Gasteiger partial charge in [0.1, 0.15) is 11.2 Å². The molecule has 0 spiro atoms. The Bertz CT molecular complexity index is 560. The number of aryl methyl sites for hydroxylation is 1. The molecule has 2 N–H and O–H groups in total. The maximum atomic E-state index is 11.9. The van der Waals surface area contributed by atoms with Gasteiger partial charge < -0.3 is 10.6 Å². The van der Waals surface area contributed by atoms with Gasteiger partial charge in [0.05, 0.1) is 0 Å². The van der Waals surface area contributed by atoms with Gasteiger partial charge in [-0.15, -0.1) is 0 Å². The standard InChI is InChI=1S/C12H19N3O2S2/c1-9-5-10(6-13)7-14-12(9)15-3-4-18-8-11(15)19(2,16)17/h5,7,11H,3-4,6,8,13H2,1-2H3. The summed E-state index contributed by atoms with van der Waals surface area (Å²) in [5, 5.41) is -0.485. The number of rotatable bonds is 3. The average Bonchev–Trinajstić information content (AvgIpc) is 2.37. The Hall–Kier alpha value is -0.790. The Morgan fingerprint density at radius 2 is 2.32 bits per heavy atom. The molecule has 106 valence electrons. The molecule has 2 rings (SSSR count). The molecule has 19 heavy (non-hydrogen) atoms. The van der Waals surface area contributed by atoms with Crippen LogP contribution in [0.25, 0.3) is 0 Å². The van der Waals surface area contributed by atoms with Gasteiger partial charge in [0, 0.05) is 37.0 Å². The van der Waals surface area contributed by atoms with Crippen LogP contribution in [0.15, 0.2) is 12.3 Å². The second-order valence-corrected chi connectivity index (χ2v) is 8.09. The minimum absolute atomic E-state index is 0.444. The second kappa shape index (κ2) is 5.68. The van der Waals surface area contributed by atoms with Crippen LogP contribution in [0.1, 0.15) is 11.1 Å². The van der Waals surface area contributed by atoms with Gasteiger partial charge in [-0.05, 0) is 24.1 Å². The summed E-state index contributed by atoms with van der Waals surface area (Å²) in [7, 11) is -3.12. The van der Waals surface area contributed by atoms with E-state index < -0.39 is 15.2 Å². The van der Waals surface area contributed by atoms with Crippen LogP contribution in [0.5, 0.6) is 0 Å². The van der Waals surface area contributed by atoms with Crippen molar-refractivity contribution in [3.63, 3.8) is 0 Å². The Kier molecular flexibility index (Phi) is 4.37. The zero-order chi connectivity index (χ0) is 14.0. The van der Waals surface area contributed by atoms with E-state index in [1.54, 1.807) is 18.0 Å². The maximum Gasteiger partial charge on any atom is 0.169 e. The molecule has 1 aliphatic rings. The van der Waals surface area contributed by atoms with E-state index >= 15 is 0 Å². The first-order valence-corrected chi connectivity index (χ1v) is 9.23. The smallest absolute Gasteiger partial charge is 0.169 e. The number of anilines is 1. The predicted molar refractivity (Wildman–Crippen MR) is 80.2 cm³/mol. The molecule has 1 fully saturated rings. The largest absolute Gasteiger partial charge is 0.338 e. The summed E-state index contributed by atoms with van der Waals surface area (Å²) >= 11 is 1.67. The number of nitrogens with zero attached hydrogens (tertiary/aromatic N) is 2. The third kappa shape index (κ3) is 3.21. The molecular weight excluding hydrogens is 282 g/mol. The van der Waals surface area contributed by atoms with E-state index in [1.165, 1.54) is 6.26 Å². The Morgan fingerprint density at radius 1 is 1.58 bits per heavy atom. The molecule has 0 bridgehead atoms. The van der Waals surface area contributed by atoms with E-state index in [0.29, 0.717) is 18.8 Å². The Morgan fingerprint density at radius 3 is 2.89 bits per heavy atom. The summed E-state index contributed by atoms with van der Waals surface area (Å²) < 4.78 is 23.8. The number of pyridine rings is 1. The van der Waals surface area contributed by atoms with Crippen molar-refractivity contribution < 1.29 is 8.42 Å². The lowest BCUT2D eigenvalue weighted by atomic mass is 10.2. The first kappa shape index (κ1) is 14.6. The number of sulfone groups is 1. The Labute approximate surface area is 118 Å². The summed E-state index contributed by atoms with van der Waals surface area (Å²) in [6.45, 7) is 3.10. The van der Waals surface area contributed by atoms with Gasteiger partial charge in [-0.2, -0.15) is 11.8 Å². The van der Waals surface area contributed by atoms with Crippen molar-refractivity contribution in [3.8, 4) is 0 Å². The number of hydrogen-bond acceptors (Lipinski definition) is 6. The van der Waals surface area contributed by atoms with E-state index in [9.17, 15) is 8.42 Å². The monoisotopic (exact) mass is 301 g/mol. The van der Waals surface area contributed by atoms with Crippen molar-refractivity contribution in [2.45, 2.75) is 18.8 Å². The van der Waals surface area contributed by atoms with Crippen LogP contribution in [0.3, 0.4) is 0 Å². The summed E-state index contributed by atoms with van der Waals surface area (Å²) in [4.78, 5) is 6.31. The van der Waals surface area contributed by atoms with Crippen LogP contribution >= 0.6 is 11.8 Å². The third-order valence-corrected chi connectivity index (χ3v) is 5.84. The van der Waals surface area contributed by atoms with Crippen molar-refractivity contribution in [3.05, 3.63) is 23.4 Å². The summed E-state index contributed by atoms with van der Waals surface area (Å²) in [6.07, 6.45) is 3.02. The van der Waals surface area contributed by atoms with Crippen molar-refractivity contribution in [2.75, 3.05) is 29.2 Å². The normalized spacial score (nSPS) is 20.6. The van der Waals surface area contributed by atoms with Gasteiger partial charge in [0.2, 0.25) is 0 Å². The SMILES string of the molecule is Cc1cc(CN)cnc1N1CCSCC1S(C)(=O)=O. The molecule has 7 heteroatoms. The molecular formula is C12H19N3O2S2. The van der Waals surface area contributed by atoms with Crippen LogP contribution in [0.2, 0.25) is 0 Å². The van der Waals surface area contributed by atoms with E-state index in [1.807, 2.05) is 17.9 Å². The van der Waals surface area contributed by atoms with E-state index in [-0.39, 0.29) is 0 Å². The predicted octanol–water partition coefficient (Wildman–Crippen LogP) is 0.773. The van der Waals surface area contributed by atoms with Crippen molar-refractivity contribution in [2.24, 2.45) is 5.73 Å². The highest BCUT2D eigenvalue weighted by atomic mass is 32.2. The highest BCUT2D eigenvalue weighted by Gasteiger charge is 2.32.